The first-order chi connectivity index (χ1) is 15.9. The smallest absolute Gasteiger partial charge is 0.255 e. The maximum absolute atomic E-state index is 15.7. The molecule has 3 saturated carbocycles. The van der Waals surface area contributed by atoms with E-state index in [2.05, 4.69) is 17.2 Å². The first kappa shape index (κ1) is 21.3. The third-order valence-electron chi connectivity index (χ3n) is 9.00. The van der Waals surface area contributed by atoms with Gasteiger partial charge >= 0.3 is 0 Å². The second-order valence-electron chi connectivity index (χ2n) is 11.3. The number of allylic oxidation sites excluding steroid dienone is 1. The maximum atomic E-state index is 15.7. The van der Waals surface area contributed by atoms with E-state index >= 15 is 4.39 Å². The van der Waals surface area contributed by atoms with Crippen molar-refractivity contribution in [2.24, 2.45) is 11.3 Å². The molecule has 176 valence electrons. The molecule has 1 unspecified atom stereocenters. The van der Waals surface area contributed by atoms with E-state index in [0.29, 0.717) is 59.5 Å². The van der Waals surface area contributed by atoms with Gasteiger partial charge in [0.1, 0.15) is 11.9 Å². The number of amides is 2. The van der Waals surface area contributed by atoms with Gasteiger partial charge in [-0.3, -0.25) is 9.59 Å². The zero-order valence-electron chi connectivity index (χ0n) is 19.3. The van der Waals surface area contributed by atoms with Crippen molar-refractivity contribution in [3.8, 4) is 0 Å². The van der Waals surface area contributed by atoms with Gasteiger partial charge in [-0.2, -0.15) is 0 Å². The minimum atomic E-state index is -0.553. The lowest BCUT2D eigenvalue weighted by molar-refractivity contribution is -0.126. The van der Waals surface area contributed by atoms with Crippen molar-refractivity contribution in [3.63, 3.8) is 0 Å². The predicted octanol–water partition coefficient (Wildman–Crippen LogP) is 4.21. The summed E-state index contributed by atoms with van der Waals surface area (Å²) in [5.74, 6) is -0.258. The first-order valence-corrected chi connectivity index (χ1v) is 12.8. The number of carbonyl (C=O) groups excluding carboxylic acids is 2. The monoisotopic (exact) mass is 451 g/mol. The summed E-state index contributed by atoms with van der Waals surface area (Å²) in [7, 11) is 0. The van der Waals surface area contributed by atoms with Crippen LogP contribution >= 0.6 is 0 Å². The highest BCUT2D eigenvalue weighted by Crippen LogP contribution is 2.60. The molecule has 2 N–H and O–H groups in total. The Balaban J connectivity index is 1.16. The van der Waals surface area contributed by atoms with Gasteiger partial charge in [-0.25, -0.2) is 4.39 Å². The number of carbonyl (C=O) groups is 2. The molecule has 4 fully saturated rings. The maximum Gasteiger partial charge on any atom is 0.255 e. The fourth-order valence-electron chi connectivity index (χ4n) is 6.84. The summed E-state index contributed by atoms with van der Waals surface area (Å²) < 4.78 is 15.7. The Morgan fingerprint density at radius 3 is 2.70 bits per heavy atom. The summed E-state index contributed by atoms with van der Waals surface area (Å²) in [6, 6.07) is 4.15. The molecule has 33 heavy (non-hydrogen) atoms. The van der Waals surface area contributed by atoms with E-state index in [1.165, 1.54) is 49.8 Å². The lowest BCUT2D eigenvalue weighted by Gasteiger charge is -2.42. The van der Waals surface area contributed by atoms with Gasteiger partial charge in [0.05, 0.1) is 6.54 Å². The molecule has 5 nitrogen and oxygen atoms in total. The molecule has 6 rings (SSSR count). The van der Waals surface area contributed by atoms with Gasteiger partial charge in [-0.15, -0.1) is 0 Å². The molecule has 0 aromatic heterocycles. The van der Waals surface area contributed by atoms with Crippen molar-refractivity contribution in [2.75, 3.05) is 0 Å². The van der Waals surface area contributed by atoms with E-state index < -0.39 is 6.04 Å². The molecule has 3 aliphatic carbocycles. The molecule has 2 heterocycles. The van der Waals surface area contributed by atoms with Crippen molar-refractivity contribution in [2.45, 2.75) is 95.3 Å². The molecule has 1 aromatic rings. The van der Waals surface area contributed by atoms with Crippen LogP contribution in [0.4, 0.5) is 4.39 Å². The number of fused-ring (bicyclic) bond motifs is 1. The molecule has 1 saturated heterocycles. The van der Waals surface area contributed by atoms with Crippen molar-refractivity contribution < 1.29 is 14.0 Å². The summed E-state index contributed by atoms with van der Waals surface area (Å²) >= 11 is 0. The highest BCUT2D eigenvalue weighted by Gasteiger charge is 2.53. The van der Waals surface area contributed by atoms with Gasteiger partial charge in [0, 0.05) is 28.9 Å². The average molecular weight is 452 g/mol. The molecular formula is C27H34FN3O2. The van der Waals surface area contributed by atoms with Crippen LogP contribution in [0.3, 0.4) is 0 Å². The summed E-state index contributed by atoms with van der Waals surface area (Å²) in [4.78, 5) is 27.0. The molecule has 2 amide bonds. The zero-order chi connectivity index (χ0) is 22.7. The fourth-order valence-corrected chi connectivity index (χ4v) is 6.84. The van der Waals surface area contributed by atoms with Crippen LogP contribution in [0.2, 0.25) is 0 Å². The number of nitrogens with one attached hydrogen (secondary N) is 2. The van der Waals surface area contributed by atoms with Crippen LogP contribution in [0.15, 0.2) is 24.4 Å². The molecule has 2 aliphatic heterocycles. The Hall–Kier alpha value is -2.21. The molecule has 1 spiro atoms. The van der Waals surface area contributed by atoms with Crippen LogP contribution in [-0.4, -0.2) is 34.8 Å². The summed E-state index contributed by atoms with van der Waals surface area (Å²) in [5.41, 5.74) is 2.96. The molecule has 0 bridgehead atoms. The van der Waals surface area contributed by atoms with Gasteiger partial charge < -0.3 is 15.5 Å². The van der Waals surface area contributed by atoms with Crippen LogP contribution in [0.1, 0.15) is 85.7 Å². The van der Waals surface area contributed by atoms with Crippen LogP contribution in [0.5, 0.6) is 0 Å². The Bertz CT molecular complexity index is 1010. The second-order valence-corrected chi connectivity index (χ2v) is 11.3. The minimum Gasteiger partial charge on any atom is -0.329 e. The Morgan fingerprint density at radius 1 is 1.15 bits per heavy atom. The molecule has 3 atom stereocenters. The van der Waals surface area contributed by atoms with Gasteiger partial charge in [0.15, 0.2) is 0 Å². The largest absolute Gasteiger partial charge is 0.329 e. The van der Waals surface area contributed by atoms with Crippen LogP contribution < -0.4 is 10.6 Å². The summed E-state index contributed by atoms with van der Waals surface area (Å²) in [5, 5.41) is 6.67. The number of halogens is 1. The van der Waals surface area contributed by atoms with Crippen LogP contribution in [-0.2, 0) is 17.8 Å². The Morgan fingerprint density at radius 2 is 1.94 bits per heavy atom. The number of hydrogen-bond acceptors (Lipinski definition) is 3. The number of nitrogens with zero attached hydrogens (tertiary/aromatic N) is 1. The van der Waals surface area contributed by atoms with Crippen LogP contribution in [0, 0.1) is 17.2 Å². The second kappa shape index (κ2) is 7.93. The van der Waals surface area contributed by atoms with Crippen molar-refractivity contribution in [1.82, 2.24) is 15.5 Å². The van der Waals surface area contributed by atoms with Crippen molar-refractivity contribution in [3.05, 3.63) is 46.9 Å². The average Bonchev–Trinajstić information content (AvgIpc) is 3.49. The normalized spacial score (nSPS) is 30.9. The molecule has 6 heteroatoms. The fraction of sp³-hybridized carbons (Fsp3) is 0.630. The third-order valence-corrected chi connectivity index (χ3v) is 9.00. The van der Waals surface area contributed by atoms with Gasteiger partial charge in [0.25, 0.3) is 5.91 Å². The quantitative estimate of drug-likeness (QED) is 0.705. The molecule has 0 radical (unpaired) electrons. The van der Waals surface area contributed by atoms with Crippen LogP contribution in [0.25, 0.3) is 0 Å². The Kier molecular flexibility index (Phi) is 5.13. The Labute approximate surface area is 195 Å². The van der Waals surface area contributed by atoms with Crippen molar-refractivity contribution in [1.29, 1.82) is 0 Å². The van der Waals surface area contributed by atoms with E-state index in [0.717, 1.165) is 12.0 Å². The summed E-state index contributed by atoms with van der Waals surface area (Å²) in [6.45, 7) is 3.98. The van der Waals surface area contributed by atoms with E-state index in [-0.39, 0.29) is 24.2 Å². The van der Waals surface area contributed by atoms with Gasteiger partial charge in [-0.1, -0.05) is 25.5 Å². The van der Waals surface area contributed by atoms with E-state index in [9.17, 15) is 9.59 Å². The van der Waals surface area contributed by atoms with Crippen molar-refractivity contribution >= 4 is 11.8 Å². The van der Waals surface area contributed by atoms with Gasteiger partial charge in [-0.05, 0) is 80.8 Å². The molecule has 5 aliphatic rings. The number of piperidine rings is 1. The first-order valence-electron chi connectivity index (χ1n) is 12.8. The molecule has 1 aromatic carbocycles. The SMILES string of the molecule is C=C1CCC(N2Cc3c(ccc(C[C@H]4CCCC[C@@H]4NC4CC5(CC5)C4)c3F)C2=O)C(=O)N1. The zero-order valence-corrected chi connectivity index (χ0v) is 19.3. The third kappa shape index (κ3) is 3.80. The highest BCUT2D eigenvalue weighted by molar-refractivity contribution is 6.01. The van der Waals surface area contributed by atoms with E-state index in [1.54, 1.807) is 6.07 Å². The minimum absolute atomic E-state index is 0.176. The lowest BCUT2D eigenvalue weighted by atomic mass is 9.74. The van der Waals surface area contributed by atoms with E-state index in [4.69, 9.17) is 0 Å². The lowest BCUT2D eigenvalue weighted by Crippen LogP contribution is -2.51. The van der Waals surface area contributed by atoms with Gasteiger partial charge in [0.2, 0.25) is 5.91 Å². The molecular weight excluding hydrogens is 417 g/mol. The highest BCUT2D eigenvalue weighted by atomic mass is 19.1. The summed E-state index contributed by atoms with van der Waals surface area (Å²) in [6.07, 6.45) is 12.1. The number of benzene rings is 1. The topological polar surface area (TPSA) is 61.4 Å². The van der Waals surface area contributed by atoms with E-state index in [1.807, 2.05) is 6.07 Å². The number of rotatable bonds is 5. The number of hydrogen-bond donors (Lipinski definition) is 2. The predicted molar refractivity (Wildman–Crippen MR) is 124 cm³/mol. The standard InChI is InChI=1S/C27H34FN3O2/c1-16-6-9-23(25(32)29-16)31-15-21-20(26(31)33)8-7-18(24(21)28)12-17-4-2-3-5-22(17)30-19-13-27(14-19)10-11-27/h7-8,17,19,22-23,30H,1-6,9-15H2,(H,29,32)/t17-,22+,23?/m1/s1.